The topological polar surface area (TPSA) is 27.7 Å². The van der Waals surface area contributed by atoms with Gasteiger partial charge in [-0.3, -0.25) is 0 Å². The van der Waals surface area contributed by atoms with E-state index in [2.05, 4.69) is 26.8 Å². The third-order valence-electron chi connectivity index (χ3n) is 2.64. The lowest BCUT2D eigenvalue weighted by Crippen LogP contribution is -2.13. The summed E-state index contributed by atoms with van der Waals surface area (Å²) in [5, 5.41) is 1.23. The minimum Gasteiger partial charge on any atom is -0.490 e. The molecule has 0 heterocycles. The van der Waals surface area contributed by atoms with Crippen LogP contribution in [0.1, 0.15) is 40.0 Å². The highest BCUT2D eigenvalue weighted by atomic mass is 28.1. The molecule has 0 radical (unpaired) electrons. The Kier molecular flexibility index (Phi) is 7.41. The van der Waals surface area contributed by atoms with Crippen LogP contribution < -0.4 is 19.4 Å². The van der Waals surface area contributed by atoms with Crippen LogP contribution in [0.5, 0.6) is 17.2 Å². The predicted molar refractivity (Wildman–Crippen MR) is 83.4 cm³/mol. The molecule has 0 saturated carbocycles. The van der Waals surface area contributed by atoms with Crippen molar-refractivity contribution in [1.29, 1.82) is 0 Å². The zero-order valence-electron chi connectivity index (χ0n) is 12.6. The van der Waals surface area contributed by atoms with Crippen molar-refractivity contribution in [1.82, 2.24) is 0 Å². The molecule has 1 aromatic carbocycles. The Labute approximate surface area is 119 Å². The molecule has 0 N–H and O–H groups in total. The van der Waals surface area contributed by atoms with Gasteiger partial charge in [-0.05, 0) is 30.5 Å². The molecular weight excluding hydrogens is 256 g/mol. The number of hydrogen-bond acceptors (Lipinski definition) is 3. The Hall–Kier alpha value is -1.16. The average Bonchev–Trinajstić information content (AvgIpc) is 2.42. The summed E-state index contributed by atoms with van der Waals surface area (Å²) in [7, 11) is 0.942. The molecule has 0 saturated heterocycles. The van der Waals surface area contributed by atoms with E-state index in [1.807, 2.05) is 6.07 Å². The third-order valence-corrected chi connectivity index (χ3v) is 3.42. The molecule has 19 heavy (non-hydrogen) atoms. The summed E-state index contributed by atoms with van der Waals surface area (Å²) in [6.07, 6.45) is 2.96. The lowest BCUT2D eigenvalue weighted by Gasteiger charge is -2.18. The van der Waals surface area contributed by atoms with Crippen LogP contribution in [0.4, 0.5) is 0 Å². The zero-order valence-corrected chi connectivity index (χ0v) is 14.6. The Morgan fingerprint density at radius 2 is 1.32 bits per heavy atom. The van der Waals surface area contributed by atoms with E-state index in [-0.39, 0.29) is 0 Å². The molecular formula is C15H26O3Si. The summed E-state index contributed by atoms with van der Waals surface area (Å²) in [5.41, 5.74) is 0. The van der Waals surface area contributed by atoms with Gasteiger partial charge in [0.15, 0.2) is 11.5 Å². The van der Waals surface area contributed by atoms with Gasteiger partial charge >= 0.3 is 0 Å². The fourth-order valence-corrected chi connectivity index (χ4v) is 2.23. The van der Waals surface area contributed by atoms with Crippen LogP contribution in [0.3, 0.4) is 0 Å². The van der Waals surface area contributed by atoms with Crippen molar-refractivity contribution >= 4 is 15.4 Å². The van der Waals surface area contributed by atoms with Crippen LogP contribution in [0.2, 0.25) is 0 Å². The smallest absolute Gasteiger partial charge is 0.203 e. The molecule has 0 bridgehead atoms. The lowest BCUT2D eigenvalue weighted by atomic mass is 10.3. The molecule has 0 spiro atoms. The van der Waals surface area contributed by atoms with E-state index < -0.39 is 0 Å². The fourth-order valence-electron chi connectivity index (χ4n) is 1.69. The van der Waals surface area contributed by atoms with E-state index >= 15 is 0 Å². The van der Waals surface area contributed by atoms with Gasteiger partial charge in [0.25, 0.3) is 0 Å². The van der Waals surface area contributed by atoms with Gasteiger partial charge in [0.1, 0.15) is 0 Å². The Morgan fingerprint density at radius 1 is 0.789 bits per heavy atom. The summed E-state index contributed by atoms with van der Waals surface area (Å²) in [4.78, 5) is 0. The average molecular weight is 282 g/mol. The van der Waals surface area contributed by atoms with Gasteiger partial charge < -0.3 is 14.2 Å². The van der Waals surface area contributed by atoms with Crippen LogP contribution in [0.15, 0.2) is 12.1 Å². The maximum Gasteiger partial charge on any atom is 0.203 e. The molecule has 0 fully saturated rings. The third kappa shape index (κ3) is 4.78. The number of benzene rings is 1. The van der Waals surface area contributed by atoms with Crippen molar-refractivity contribution in [3.8, 4) is 17.2 Å². The molecule has 1 rings (SSSR count). The molecule has 0 unspecified atom stereocenters. The van der Waals surface area contributed by atoms with Crippen molar-refractivity contribution in [3.63, 3.8) is 0 Å². The summed E-state index contributed by atoms with van der Waals surface area (Å²) in [5.74, 6) is 2.48. The normalized spacial score (nSPS) is 10.5. The Balaban J connectivity index is 3.00. The van der Waals surface area contributed by atoms with Crippen LogP contribution >= 0.6 is 0 Å². The van der Waals surface area contributed by atoms with Gasteiger partial charge in [-0.1, -0.05) is 26.8 Å². The van der Waals surface area contributed by atoms with Crippen LogP contribution in [0.25, 0.3) is 0 Å². The Morgan fingerprint density at radius 3 is 1.89 bits per heavy atom. The van der Waals surface area contributed by atoms with Gasteiger partial charge in [-0.2, -0.15) is 0 Å². The van der Waals surface area contributed by atoms with E-state index in [0.717, 1.165) is 53.4 Å². The first-order valence-corrected chi connectivity index (χ1v) is 8.26. The van der Waals surface area contributed by atoms with Gasteiger partial charge in [0.2, 0.25) is 5.75 Å². The van der Waals surface area contributed by atoms with Gasteiger partial charge in [-0.25, -0.2) is 0 Å². The molecule has 0 amide bonds. The van der Waals surface area contributed by atoms with Gasteiger partial charge in [0.05, 0.1) is 19.8 Å². The first-order valence-electron chi connectivity index (χ1n) is 7.26. The Bertz CT molecular complexity index is 380. The van der Waals surface area contributed by atoms with E-state index in [4.69, 9.17) is 14.2 Å². The maximum absolute atomic E-state index is 5.86. The summed E-state index contributed by atoms with van der Waals surface area (Å²) in [6.45, 7) is 8.42. The maximum atomic E-state index is 5.86. The molecule has 0 atom stereocenters. The quantitative estimate of drug-likeness (QED) is 0.649. The number of rotatable bonds is 9. The molecule has 0 aliphatic rings. The molecule has 0 aliphatic heterocycles. The molecule has 108 valence electrons. The SMILES string of the molecule is CCCOc1ccc([SiH3])c(OCCC)c1OCCC. The lowest BCUT2D eigenvalue weighted by molar-refractivity contribution is 0.244. The van der Waals surface area contributed by atoms with E-state index in [1.54, 1.807) is 0 Å². The second-order valence-corrected chi connectivity index (χ2v) is 5.66. The molecule has 0 aliphatic carbocycles. The largest absolute Gasteiger partial charge is 0.490 e. The van der Waals surface area contributed by atoms with E-state index in [9.17, 15) is 0 Å². The van der Waals surface area contributed by atoms with E-state index in [0.29, 0.717) is 13.2 Å². The minimum atomic E-state index is 0.690. The highest BCUT2D eigenvalue weighted by molar-refractivity contribution is 6.34. The first kappa shape index (κ1) is 15.9. The molecule has 1 aromatic rings. The van der Waals surface area contributed by atoms with Crippen LogP contribution in [0, 0.1) is 0 Å². The second-order valence-electron chi connectivity index (χ2n) is 4.58. The number of ether oxygens (including phenoxy) is 3. The number of hydrogen-bond donors (Lipinski definition) is 0. The highest BCUT2D eigenvalue weighted by Gasteiger charge is 2.15. The van der Waals surface area contributed by atoms with Crippen LogP contribution in [-0.2, 0) is 0 Å². The monoisotopic (exact) mass is 282 g/mol. The first-order chi connectivity index (χ1) is 9.24. The standard InChI is InChI=1S/C15H26O3Si/c1-4-9-16-12-7-8-13(19)15(18-11-6-3)14(12)17-10-5-2/h7-8H,4-6,9-11H2,1-3,19H3. The van der Waals surface area contributed by atoms with Gasteiger partial charge in [0, 0.05) is 10.2 Å². The van der Waals surface area contributed by atoms with Crippen molar-refractivity contribution in [2.75, 3.05) is 19.8 Å². The van der Waals surface area contributed by atoms with Crippen molar-refractivity contribution in [3.05, 3.63) is 12.1 Å². The summed E-state index contributed by atoms with van der Waals surface area (Å²) >= 11 is 0. The predicted octanol–water partition coefficient (Wildman–Crippen LogP) is 2.04. The van der Waals surface area contributed by atoms with Crippen LogP contribution in [-0.4, -0.2) is 30.1 Å². The molecule has 4 heteroatoms. The van der Waals surface area contributed by atoms with Gasteiger partial charge in [-0.15, -0.1) is 0 Å². The highest BCUT2D eigenvalue weighted by Crippen LogP contribution is 2.36. The molecule has 0 aromatic heterocycles. The van der Waals surface area contributed by atoms with Crippen molar-refractivity contribution in [2.45, 2.75) is 40.0 Å². The van der Waals surface area contributed by atoms with E-state index in [1.165, 1.54) is 5.19 Å². The van der Waals surface area contributed by atoms with Crippen molar-refractivity contribution in [2.24, 2.45) is 0 Å². The molecule has 3 nitrogen and oxygen atoms in total. The van der Waals surface area contributed by atoms with Crippen molar-refractivity contribution < 1.29 is 14.2 Å². The zero-order chi connectivity index (χ0) is 14.1. The fraction of sp³-hybridized carbons (Fsp3) is 0.600. The minimum absolute atomic E-state index is 0.690. The second kappa shape index (κ2) is 8.86. The summed E-state index contributed by atoms with van der Waals surface area (Å²) < 4.78 is 17.5. The summed E-state index contributed by atoms with van der Waals surface area (Å²) in [6, 6.07) is 4.09.